The van der Waals surface area contributed by atoms with Crippen LogP contribution in [0, 0.1) is 5.82 Å². The van der Waals surface area contributed by atoms with E-state index in [1.54, 1.807) is 0 Å². The van der Waals surface area contributed by atoms with Gasteiger partial charge in [0.25, 0.3) is 0 Å². The molecule has 0 spiro atoms. The number of carboxylic acids is 1. The molecule has 0 bridgehead atoms. The molecule has 82 valence electrons. The molecule has 15 heavy (non-hydrogen) atoms. The van der Waals surface area contributed by atoms with E-state index in [4.69, 9.17) is 9.84 Å². The molecule has 0 amide bonds. The minimum atomic E-state index is -1.33. The quantitative estimate of drug-likeness (QED) is 0.891. The predicted octanol–water partition coefficient (Wildman–Crippen LogP) is 2.34. The molecule has 0 heterocycles. The monoisotopic (exact) mass is 277 g/mol. The highest BCUT2D eigenvalue weighted by Gasteiger charge is 2.21. The van der Waals surface area contributed by atoms with E-state index in [9.17, 15) is 9.18 Å². The minimum Gasteiger partial charge on any atom is -0.495 e. The third kappa shape index (κ3) is 2.04. The summed E-state index contributed by atoms with van der Waals surface area (Å²) in [6.07, 6.45) is 0. The summed E-state index contributed by atoms with van der Waals surface area (Å²) in [5, 5.41) is 11.4. The van der Waals surface area contributed by atoms with E-state index in [0.29, 0.717) is 0 Å². The summed E-state index contributed by atoms with van der Waals surface area (Å²) in [6.45, 7) is 0. The Morgan fingerprint density at radius 3 is 2.67 bits per heavy atom. The first-order valence-corrected chi connectivity index (χ1v) is 4.79. The van der Waals surface area contributed by atoms with Crippen LogP contribution in [-0.2, 0) is 0 Å². The number of nitrogens with one attached hydrogen (secondary N) is 1. The van der Waals surface area contributed by atoms with Crippen molar-refractivity contribution in [2.24, 2.45) is 0 Å². The topological polar surface area (TPSA) is 58.6 Å². The summed E-state index contributed by atoms with van der Waals surface area (Å²) in [4.78, 5) is 10.8. The number of methoxy groups -OCH3 is 1. The van der Waals surface area contributed by atoms with Gasteiger partial charge in [0.05, 0.1) is 17.3 Å². The predicted molar refractivity (Wildman–Crippen MR) is 57.2 cm³/mol. The van der Waals surface area contributed by atoms with Crippen molar-refractivity contribution in [1.29, 1.82) is 0 Å². The molecule has 0 radical (unpaired) electrons. The van der Waals surface area contributed by atoms with Crippen LogP contribution in [0.3, 0.4) is 0 Å². The Kier molecular flexibility index (Phi) is 3.52. The Hall–Kier alpha value is -1.30. The molecule has 0 unspecified atom stereocenters. The van der Waals surface area contributed by atoms with Crippen LogP contribution in [0.4, 0.5) is 10.1 Å². The molecule has 0 saturated heterocycles. The van der Waals surface area contributed by atoms with Gasteiger partial charge in [-0.3, -0.25) is 0 Å². The standard InChI is InChI=1S/C9H9BrFNO3/c1-12-4-3-5(15-2)7(10)8(11)6(4)9(13)14/h3,12H,1-2H3,(H,13,14). The first kappa shape index (κ1) is 11.8. The van der Waals surface area contributed by atoms with Gasteiger partial charge in [-0.15, -0.1) is 0 Å². The zero-order valence-electron chi connectivity index (χ0n) is 8.10. The van der Waals surface area contributed by atoms with Gasteiger partial charge in [0.2, 0.25) is 0 Å². The number of hydrogen-bond acceptors (Lipinski definition) is 3. The highest BCUT2D eigenvalue weighted by molar-refractivity contribution is 9.10. The smallest absolute Gasteiger partial charge is 0.340 e. The lowest BCUT2D eigenvalue weighted by Gasteiger charge is -2.11. The average Bonchev–Trinajstić information content (AvgIpc) is 2.20. The van der Waals surface area contributed by atoms with E-state index < -0.39 is 17.3 Å². The highest BCUT2D eigenvalue weighted by Crippen LogP contribution is 2.34. The van der Waals surface area contributed by atoms with Gasteiger partial charge in [-0.2, -0.15) is 0 Å². The van der Waals surface area contributed by atoms with Crippen LogP contribution in [0.5, 0.6) is 5.75 Å². The van der Waals surface area contributed by atoms with Crippen LogP contribution in [0.15, 0.2) is 10.5 Å². The van der Waals surface area contributed by atoms with Crippen molar-refractivity contribution in [3.05, 3.63) is 21.9 Å². The molecular weight excluding hydrogens is 269 g/mol. The lowest BCUT2D eigenvalue weighted by molar-refractivity contribution is 0.0693. The first-order chi connectivity index (χ1) is 7.02. The second kappa shape index (κ2) is 4.48. The van der Waals surface area contributed by atoms with E-state index in [0.717, 1.165) is 0 Å². The molecule has 1 rings (SSSR count). The lowest BCUT2D eigenvalue weighted by Crippen LogP contribution is -2.07. The molecule has 0 aliphatic heterocycles. The lowest BCUT2D eigenvalue weighted by atomic mass is 10.1. The summed E-state index contributed by atoms with van der Waals surface area (Å²) in [6, 6.07) is 1.41. The molecule has 1 aromatic rings. The molecular formula is C9H9BrFNO3. The van der Waals surface area contributed by atoms with E-state index in [-0.39, 0.29) is 15.9 Å². The van der Waals surface area contributed by atoms with Crippen molar-refractivity contribution in [1.82, 2.24) is 0 Å². The number of hydrogen-bond donors (Lipinski definition) is 2. The first-order valence-electron chi connectivity index (χ1n) is 4.00. The number of aromatic carboxylic acids is 1. The average molecular weight is 278 g/mol. The Morgan fingerprint density at radius 1 is 1.67 bits per heavy atom. The van der Waals surface area contributed by atoms with E-state index in [1.807, 2.05) is 0 Å². The van der Waals surface area contributed by atoms with Crippen LogP contribution in [0.2, 0.25) is 0 Å². The maximum Gasteiger partial charge on any atom is 0.340 e. The van der Waals surface area contributed by atoms with Gasteiger partial charge < -0.3 is 15.2 Å². The summed E-state index contributed by atoms with van der Waals surface area (Å²) >= 11 is 2.93. The minimum absolute atomic E-state index is 0.00130. The van der Waals surface area contributed by atoms with Gasteiger partial charge in [0.1, 0.15) is 11.3 Å². The second-order valence-electron chi connectivity index (χ2n) is 2.68. The number of benzene rings is 1. The maximum absolute atomic E-state index is 13.6. The van der Waals surface area contributed by atoms with Crippen molar-refractivity contribution < 1.29 is 19.0 Å². The highest BCUT2D eigenvalue weighted by atomic mass is 79.9. The Balaban J connectivity index is 3.51. The fourth-order valence-electron chi connectivity index (χ4n) is 1.16. The molecule has 6 heteroatoms. The second-order valence-corrected chi connectivity index (χ2v) is 3.48. The Labute approximate surface area is 94.2 Å². The number of halogens is 2. The summed E-state index contributed by atoms with van der Waals surface area (Å²) in [7, 11) is 2.88. The molecule has 0 aliphatic carbocycles. The van der Waals surface area contributed by atoms with Crippen molar-refractivity contribution in [3.63, 3.8) is 0 Å². The third-order valence-electron chi connectivity index (χ3n) is 1.88. The fraction of sp³-hybridized carbons (Fsp3) is 0.222. The van der Waals surface area contributed by atoms with Crippen molar-refractivity contribution in [2.45, 2.75) is 0 Å². The van der Waals surface area contributed by atoms with Gasteiger partial charge in [0, 0.05) is 13.1 Å². The third-order valence-corrected chi connectivity index (χ3v) is 2.62. The van der Waals surface area contributed by atoms with Crippen LogP contribution in [-0.4, -0.2) is 25.2 Å². The number of carboxylic acid groups (broad SMARTS) is 1. The molecule has 0 saturated carbocycles. The molecule has 1 aromatic carbocycles. The fourth-order valence-corrected chi connectivity index (χ4v) is 1.63. The number of ether oxygens (including phenoxy) is 1. The van der Waals surface area contributed by atoms with Crippen LogP contribution in [0.1, 0.15) is 10.4 Å². The van der Waals surface area contributed by atoms with Crippen LogP contribution in [0.25, 0.3) is 0 Å². The Morgan fingerprint density at radius 2 is 2.27 bits per heavy atom. The molecule has 4 nitrogen and oxygen atoms in total. The number of rotatable bonds is 3. The number of anilines is 1. The van der Waals surface area contributed by atoms with Gasteiger partial charge >= 0.3 is 5.97 Å². The molecule has 0 aromatic heterocycles. The van der Waals surface area contributed by atoms with Gasteiger partial charge in [-0.1, -0.05) is 0 Å². The SMILES string of the molecule is CNc1cc(OC)c(Br)c(F)c1C(=O)O. The van der Waals surface area contributed by atoms with Gasteiger partial charge in [-0.25, -0.2) is 9.18 Å². The summed E-state index contributed by atoms with van der Waals surface area (Å²) in [5.74, 6) is -1.95. The largest absolute Gasteiger partial charge is 0.495 e. The van der Waals surface area contributed by atoms with E-state index in [1.165, 1.54) is 20.2 Å². The Bertz CT molecular complexity index is 409. The van der Waals surface area contributed by atoms with E-state index >= 15 is 0 Å². The van der Waals surface area contributed by atoms with Crippen LogP contribution < -0.4 is 10.1 Å². The van der Waals surface area contributed by atoms with Crippen molar-refractivity contribution >= 4 is 27.6 Å². The number of carbonyl (C=O) groups is 1. The molecule has 0 aliphatic rings. The van der Waals surface area contributed by atoms with E-state index in [2.05, 4.69) is 21.2 Å². The maximum atomic E-state index is 13.6. The van der Waals surface area contributed by atoms with Gasteiger partial charge in [-0.05, 0) is 15.9 Å². The molecule has 0 atom stereocenters. The zero-order valence-corrected chi connectivity index (χ0v) is 9.68. The van der Waals surface area contributed by atoms with Crippen LogP contribution >= 0.6 is 15.9 Å². The van der Waals surface area contributed by atoms with Crippen molar-refractivity contribution in [2.75, 3.05) is 19.5 Å². The molecule has 0 fully saturated rings. The van der Waals surface area contributed by atoms with Gasteiger partial charge in [0.15, 0.2) is 5.82 Å². The van der Waals surface area contributed by atoms with Crippen molar-refractivity contribution in [3.8, 4) is 5.75 Å². The summed E-state index contributed by atoms with van der Waals surface area (Å²) < 4.78 is 18.5. The zero-order chi connectivity index (χ0) is 11.6. The normalized spacial score (nSPS) is 9.87. The summed E-state index contributed by atoms with van der Waals surface area (Å²) in [5.41, 5.74) is -0.245. The molecule has 2 N–H and O–H groups in total.